The van der Waals surface area contributed by atoms with Crippen LogP contribution in [0.25, 0.3) is 0 Å². The molecule has 1 nitrogen and oxygen atoms in total. The Hall–Kier alpha value is 0.527. The molecule has 0 aromatic heterocycles. The van der Waals surface area contributed by atoms with Gasteiger partial charge >= 0.3 is 0 Å². The maximum atomic E-state index is 5.86. The lowest BCUT2D eigenvalue weighted by Gasteiger charge is -2.39. The standard InChI is InChI=1S/C7H16OSSi/c1-7(9)5-4-6-10(2,3)8-7/h9H,4-6H2,1-3H3. The van der Waals surface area contributed by atoms with Gasteiger partial charge in [0.15, 0.2) is 8.32 Å². The van der Waals surface area contributed by atoms with Crippen LogP contribution in [0.1, 0.15) is 19.8 Å². The molecule has 0 aromatic carbocycles. The Morgan fingerprint density at radius 1 is 1.50 bits per heavy atom. The van der Waals surface area contributed by atoms with E-state index in [1.807, 2.05) is 0 Å². The van der Waals surface area contributed by atoms with Crippen LogP contribution in [0, 0.1) is 0 Å². The summed E-state index contributed by atoms with van der Waals surface area (Å²) >= 11 is 4.44. The van der Waals surface area contributed by atoms with Gasteiger partial charge in [-0.3, -0.25) is 0 Å². The van der Waals surface area contributed by atoms with Gasteiger partial charge in [0.25, 0.3) is 0 Å². The average Bonchev–Trinajstić information content (AvgIpc) is 1.56. The Balaban J connectivity index is 2.56. The molecule has 0 aromatic rings. The maximum Gasteiger partial charge on any atom is 0.188 e. The molecule has 60 valence electrons. The number of rotatable bonds is 0. The highest BCUT2D eigenvalue weighted by molar-refractivity contribution is 7.81. The molecular weight excluding hydrogens is 160 g/mol. The quantitative estimate of drug-likeness (QED) is 0.441. The Bertz CT molecular complexity index is 120. The molecule has 3 heteroatoms. The van der Waals surface area contributed by atoms with Crippen LogP contribution in [0.4, 0.5) is 0 Å². The molecule has 0 saturated carbocycles. The Kier molecular flexibility index (Phi) is 2.19. The Morgan fingerprint density at radius 3 is 2.40 bits per heavy atom. The van der Waals surface area contributed by atoms with E-state index in [1.54, 1.807) is 0 Å². The van der Waals surface area contributed by atoms with Crippen molar-refractivity contribution in [2.45, 2.75) is 43.8 Å². The fourth-order valence-corrected chi connectivity index (χ4v) is 4.86. The molecule has 0 radical (unpaired) electrons. The molecule has 0 amide bonds. The van der Waals surface area contributed by atoms with Gasteiger partial charge in [0, 0.05) is 0 Å². The first-order valence-electron chi connectivity index (χ1n) is 3.84. The first-order chi connectivity index (χ1) is 4.41. The number of hydrogen-bond acceptors (Lipinski definition) is 2. The first kappa shape index (κ1) is 8.62. The highest BCUT2D eigenvalue weighted by Gasteiger charge is 2.35. The van der Waals surface area contributed by atoms with Crippen molar-refractivity contribution in [3.05, 3.63) is 0 Å². The van der Waals surface area contributed by atoms with Crippen molar-refractivity contribution >= 4 is 20.9 Å². The summed E-state index contributed by atoms with van der Waals surface area (Å²) in [4.78, 5) is -0.131. The molecule has 0 N–H and O–H groups in total. The topological polar surface area (TPSA) is 9.23 Å². The molecule has 10 heavy (non-hydrogen) atoms. The van der Waals surface area contributed by atoms with Crippen molar-refractivity contribution in [2.75, 3.05) is 0 Å². The predicted octanol–water partition coefficient (Wildman–Crippen LogP) is 2.65. The van der Waals surface area contributed by atoms with E-state index in [0.717, 1.165) is 6.42 Å². The molecule has 0 bridgehead atoms. The molecule has 1 aliphatic rings. The summed E-state index contributed by atoms with van der Waals surface area (Å²) in [5, 5.41) is 0. The molecule has 1 saturated heterocycles. The third-order valence-corrected chi connectivity index (χ3v) is 4.96. The minimum absolute atomic E-state index is 0.131. The zero-order valence-electron chi connectivity index (χ0n) is 6.98. The van der Waals surface area contributed by atoms with E-state index in [0.29, 0.717) is 0 Å². The Morgan fingerprint density at radius 2 is 2.10 bits per heavy atom. The summed E-state index contributed by atoms with van der Waals surface area (Å²) in [6, 6.07) is 1.29. The fraction of sp³-hybridized carbons (Fsp3) is 1.00. The number of thiol groups is 1. The molecule has 0 aliphatic carbocycles. The van der Waals surface area contributed by atoms with Crippen molar-refractivity contribution in [1.29, 1.82) is 0 Å². The van der Waals surface area contributed by atoms with E-state index in [4.69, 9.17) is 4.43 Å². The molecule has 1 heterocycles. The van der Waals surface area contributed by atoms with E-state index in [9.17, 15) is 0 Å². The van der Waals surface area contributed by atoms with Crippen LogP contribution in [0.15, 0.2) is 0 Å². The van der Waals surface area contributed by atoms with Crippen LogP contribution < -0.4 is 0 Å². The van der Waals surface area contributed by atoms with Gasteiger partial charge in [0.1, 0.15) is 0 Å². The zero-order chi connectivity index (χ0) is 7.83. The predicted molar refractivity (Wildman–Crippen MR) is 50.0 cm³/mol. The summed E-state index contributed by atoms with van der Waals surface area (Å²) in [5.74, 6) is 0. The summed E-state index contributed by atoms with van der Waals surface area (Å²) in [6.07, 6.45) is 2.39. The second-order valence-electron chi connectivity index (χ2n) is 3.89. The zero-order valence-corrected chi connectivity index (χ0v) is 8.87. The summed E-state index contributed by atoms with van der Waals surface area (Å²) in [7, 11) is -1.30. The smallest absolute Gasteiger partial charge is 0.188 e. The van der Waals surface area contributed by atoms with Crippen LogP contribution in [0.2, 0.25) is 19.1 Å². The second-order valence-corrected chi connectivity index (χ2v) is 9.06. The van der Waals surface area contributed by atoms with Crippen LogP contribution >= 0.6 is 12.6 Å². The normalized spacial score (nSPS) is 39.6. The molecular formula is C7H16OSSi. The van der Waals surface area contributed by atoms with Gasteiger partial charge in [-0.15, -0.1) is 12.6 Å². The van der Waals surface area contributed by atoms with E-state index in [-0.39, 0.29) is 4.93 Å². The van der Waals surface area contributed by atoms with E-state index in [2.05, 4.69) is 32.6 Å². The van der Waals surface area contributed by atoms with Crippen LogP contribution in [0.3, 0.4) is 0 Å². The van der Waals surface area contributed by atoms with Crippen LogP contribution in [-0.4, -0.2) is 13.3 Å². The Labute approximate surface area is 69.7 Å². The summed E-state index contributed by atoms with van der Waals surface area (Å²) in [6.45, 7) is 6.60. The van der Waals surface area contributed by atoms with Gasteiger partial charge in [-0.05, 0) is 32.5 Å². The fourth-order valence-electron chi connectivity index (χ4n) is 1.54. The maximum absolute atomic E-state index is 5.86. The minimum Gasteiger partial charge on any atom is -0.404 e. The first-order valence-corrected chi connectivity index (χ1v) is 7.40. The SMILES string of the molecule is CC1(S)CCC[Si](C)(C)O1. The molecule has 1 fully saturated rings. The molecule has 1 aliphatic heterocycles. The third-order valence-electron chi connectivity index (χ3n) is 1.92. The second kappa shape index (κ2) is 2.54. The molecule has 1 atom stereocenters. The van der Waals surface area contributed by atoms with E-state index < -0.39 is 8.32 Å². The summed E-state index contributed by atoms with van der Waals surface area (Å²) in [5.41, 5.74) is 0. The lowest BCUT2D eigenvalue weighted by molar-refractivity contribution is 0.147. The number of hydrogen-bond donors (Lipinski definition) is 1. The summed E-state index contributed by atoms with van der Waals surface area (Å²) < 4.78 is 5.86. The van der Waals surface area contributed by atoms with E-state index in [1.165, 1.54) is 12.5 Å². The van der Waals surface area contributed by atoms with Crippen molar-refractivity contribution < 1.29 is 4.43 Å². The molecule has 1 rings (SSSR count). The average molecular weight is 176 g/mol. The van der Waals surface area contributed by atoms with Crippen LogP contribution in [0.5, 0.6) is 0 Å². The monoisotopic (exact) mass is 176 g/mol. The van der Waals surface area contributed by atoms with Gasteiger partial charge in [-0.25, -0.2) is 0 Å². The van der Waals surface area contributed by atoms with Gasteiger partial charge in [0.2, 0.25) is 0 Å². The highest BCUT2D eigenvalue weighted by Crippen LogP contribution is 2.35. The third kappa shape index (κ3) is 2.29. The largest absolute Gasteiger partial charge is 0.404 e. The van der Waals surface area contributed by atoms with Crippen molar-refractivity contribution in [1.82, 2.24) is 0 Å². The lowest BCUT2D eigenvalue weighted by atomic mass is 10.2. The van der Waals surface area contributed by atoms with Gasteiger partial charge in [-0.2, -0.15) is 0 Å². The highest BCUT2D eigenvalue weighted by atomic mass is 32.1. The van der Waals surface area contributed by atoms with Crippen LogP contribution in [-0.2, 0) is 4.43 Å². The van der Waals surface area contributed by atoms with Crippen molar-refractivity contribution in [2.24, 2.45) is 0 Å². The minimum atomic E-state index is -1.30. The van der Waals surface area contributed by atoms with Gasteiger partial charge < -0.3 is 4.43 Å². The van der Waals surface area contributed by atoms with Gasteiger partial charge in [0.05, 0.1) is 4.93 Å². The van der Waals surface area contributed by atoms with Gasteiger partial charge in [-0.1, -0.05) is 6.42 Å². The van der Waals surface area contributed by atoms with Crippen molar-refractivity contribution in [3.8, 4) is 0 Å². The molecule has 0 spiro atoms. The molecule has 1 unspecified atom stereocenters. The van der Waals surface area contributed by atoms with E-state index >= 15 is 0 Å². The lowest BCUT2D eigenvalue weighted by Crippen LogP contribution is -2.43. The van der Waals surface area contributed by atoms with Crippen molar-refractivity contribution in [3.63, 3.8) is 0 Å².